The molecule has 0 saturated carbocycles. The van der Waals surface area contributed by atoms with Crippen molar-refractivity contribution in [2.24, 2.45) is 0 Å². The van der Waals surface area contributed by atoms with Gasteiger partial charge < -0.3 is 15.1 Å². The van der Waals surface area contributed by atoms with Gasteiger partial charge in [0.1, 0.15) is 0 Å². The highest BCUT2D eigenvalue weighted by Crippen LogP contribution is 2.24. The van der Waals surface area contributed by atoms with E-state index in [-0.39, 0.29) is 0 Å². The number of likely N-dealkylation sites (N-methyl/N-ethyl adjacent to an activating group) is 1. The first-order valence-electron chi connectivity index (χ1n) is 7.66. The Hall–Kier alpha value is -0.650. The van der Waals surface area contributed by atoms with Crippen LogP contribution in [-0.4, -0.2) is 50.2 Å². The van der Waals surface area contributed by atoms with Crippen LogP contribution in [-0.2, 0) is 0 Å². The molecule has 20 heavy (non-hydrogen) atoms. The largest absolute Gasteiger partial charge is 0.347 e. The maximum Gasteiger partial charge on any atom is 0.185 e. The van der Waals surface area contributed by atoms with E-state index in [4.69, 9.17) is 4.98 Å². The quantitative estimate of drug-likeness (QED) is 0.719. The second kappa shape index (κ2) is 9.32. The molecule has 0 aliphatic carbocycles. The first-order valence-corrected chi connectivity index (χ1v) is 8.54. The van der Waals surface area contributed by atoms with E-state index in [1.54, 1.807) is 11.3 Å². The zero-order valence-electron chi connectivity index (χ0n) is 13.6. The fourth-order valence-corrected chi connectivity index (χ4v) is 2.95. The molecule has 1 aromatic rings. The highest BCUT2D eigenvalue weighted by Gasteiger charge is 2.13. The topological polar surface area (TPSA) is 31.4 Å². The van der Waals surface area contributed by atoms with Crippen molar-refractivity contribution in [1.82, 2.24) is 15.2 Å². The third-order valence-corrected chi connectivity index (χ3v) is 4.15. The van der Waals surface area contributed by atoms with Gasteiger partial charge in [0.05, 0.1) is 5.69 Å². The van der Waals surface area contributed by atoms with Crippen LogP contribution in [0.4, 0.5) is 5.13 Å². The van der Waals surface area contributed by atoms with Crippen LogP contribution in [0, 0.1) is 0 Å². The zero-order valence-corrected chi connectivity index (χ0v) is 14.5. The van der Waals surface area contributed by atoms with Crippen LogP contribution in [0.1, 0.15) is 45.3 Å². The van der Waals surface area contributed by atoms with E-state index < -0.39 is 0 Å². The minimum atomic E-state index is 0.345. The molecule has 116 valence electrons. The van der Waals surface area contributed by atoms with Gasteiger partial charge in [-0.15, -0.1) is 11.3 Å². The summed E-state index contributed by atoms with van der Waals surface area (Å²) in [5.41, 5.74) is 1.17. The lowest BCUT2D eigenvalue weighted by Gasteiger charge is -2.23. The van der Waals surface area contributed by atoms with Crippen LogP contribution < -0.4 is 10.2 Å². The summed E-state index contributed by atoms with van der Waals surface area (Å²) in [6, 6.07) is 0.345. The molecular formula is C15H30N4S. The summed E-state index contributed by atoms with van der Waals surface area (Å²) in [6.45, 7) is 10.9. The number of nitrogens with one attached hydrogen (secondary N) is 1. The van der Waals surface area contributed by atoms with Gasteiger partial charge in [0.2, 0.25) is 0 Å². The average molecular weight is 298 g/mol. The number of hydrogen-bond donors (Lipinski definition) is 1. The van der Waals surface area contributed by atoms with Crippen molar-refractivity contribution in [3.63, 3.8) is 0 Å². The van der Waals surface area contributed by atoms with Crippen molar-refractivity contribution >= 4 is 16.5 Å². The van der Waals surface area contributed by atoms with Crippen molar-refractivity contribution in [3.05, 3.63) is 11.1 Å². The third kappa shape index (κ3) is 5.77. The highest BCUT2D eigenvalue weighted by atomic mass is 32.1. The van der Waals surface area contributed by atoms with Gasteiger partial charge in [0.15, 0.2) is 5.13 Å². The molecule has 0 saturated heterocycles. The van der Waals surface area contributed by atoms with E-state index >= 15 is 0 Å². The number of rotatable bonds is 10. The van der Waals surface area contributed by atoms with Crippen LogP contribution in [0.5, 0.6) is 0 Å². The first kappa shape index (κ1) is 17.4. The van der Waals surface area contributed by atoms with Gasteiger partial charge in [-0.05, 0) is 40.4 Å². The van der Waals surface area contributed by atoms with Gasteiger partial charge >= 0.3 is 0 Å². The summed E-state index contributed by atoms with van der Waals surface area (Å²) >= 11 is 1.77. The molecule has 1 aromatic heterocycles. The van der Waals surface area contributed by atoms with Crippen molar-refractivity contribution in [1.29, 1.82) is 0 Å². The maximum atomic E-state index is 4.82. The van der Waals surface area contributed by atoms with E-state index in [0.29, 0.717) is 6.04 Å². The summed E-state index contributed by atoms with van der Waals surface area (Å²) in [5, 5.41) is 6.86. The second-order valence-electron chi connectivity index (χ2n) is 5.52. The normalized spacial score (nSPS) is 12.9. The Kier molecular flexibility index (Phi) is 8.11. The maximum absolute atomic E-state index is 4.82. The molecule has 5 heteroatoms. The fourth-order valence-electron chi connectivity index (χ4n) is 1.98. The molecule has 1 unspecified atom stereocenters. The number of thiazole rings is 1. The van der Waals surface area contributed by atoms with Crippen LogP contribution in [0.3, 0.4) is 0 Å². The number of nitrogens with zero attached hydrogens (tertiary/aromatic N) is 3. The van der Waals surface area contributed by atoms with Crippen molar-refractivity contribution in [2.45, 2.75) is 39.7 Å². The molecule has 0 amide bonds. The monoisotopic (exact) mass is 298 g/mol. The smallest absolute Gasteiger partial charge is 0.185 e. The van der Waals surface area contributed by atoms with Gasteiger partial charge in [0.25, 0.3) is 0 Å². The molecule has 0 aromatic carbocycles. The van der Waals surface area contributed by atoms with E-state index in [1.165, 1.54) is 5.69 Å². The lowest BCUT2D eigenvalue weighted by molar-refractivity contribution is 0.412. The fraction of sp³-hybridized carbons (Fsp3) is 0.800. The minimum absolute atomic E-state index is 0.345. The SMILES string of the molecule is CCCNC(C)c1csc(N(CCC)CCN(C)C)n1. The van der Waals surface area contributed by atoms with Gasteiger partial charge in [-0.1, -0.05) is 13.8 Å². The molecule has 0 fully saturated rings. The molecule has 1 N–H and O–H groups in total. The Balaban J connectivity index is 2.64. The summed E-state index contributed by atoms with van der Waals surface area (Å²) < 4.78 is 0. The van der Waals surface area contributed by atoms with Crippen molar-refractivity contribution < 1.29 is 0 Å². The van der Waals surface area contributed by atoms with Crippen LogP contribution in [0.25, 0.3) is 0 Å². The third-order valence-electron chi connectivity index (χ3n) is 3.24. The van der Waals surface area contributed by atoms with Crippen molar-refractivity contribution in [2.75, 3.05) is 45.2 Å². The molecule has 0 spiro atoms. The van der Waals surface area contributed by atoms with E-state index in [1.807, 2.05) is 0 Å². The zero-order chi connectivity index (χ0) is 15.0. The summed E-state index contributed by atoms with van der Waals surface area (Å²) in [4.78, 5) is 9.45. The molecule has 1 rings (SSSR count). The van der Waals surface area contributed by atoms with E-state index in [9.17, 15) is 0 Å². The van der Waals surface area contributed by atoms with Gasteiger partial charge in [-0.25, -0.2) is 4.98 Å². The van der Waals surface area contributed by atoms with E-state index in [2.05, 4.69) is 55.4 Å². The molecule has 4 nitrogen and oxygen atoms in total. The van der Waals surface area contributed by atoms with Gasteiger partial charge in [0, 0.05) is 31.1 Å². The second-order valence-corrected chi connectivity index (χ2v) is 6.36. The van der Waals surface area contributed by atoms with Gasteiger partial charge in [-0.3, -0.25) is 0 Å². The molecule has 1 atom stereocenters. The Bertz CT molecular complexity index is 365. The van der Waals surface area contributed by atoms with Crippen LogP contribution >= 0.6 is 11.3 Å². The molecule has 0 bridgehead atoms. The first-order chi connectivity index (χ1) is 9.58. The summed E-state index contributed by atoms with van der Waals surface area (Å²) in [5.74, 6) is 0. The number of aromatic nitrogens is 1. The highest BCUT2D eigenvalue weighted by molar-refractivity contribution is 7.13. The Morgan fingerprint density at radius 3 is 2.55 bits per heavy atom. The molecule has 0 radical (unpaired) electrons. The molecule has 1 heterocycles. The minimum Gasteiger partial charge on any atom is -0.347 e. The van der Waals surface area contributed by atoms with E-state index in [0.717, 1.165) is 44.2 Å². The summed E-state index contributed by atoms with van der Waals surface area (Å²) in [7, 11) is 4.24. The Morgan fingerprint density at radius 1 is 1.20 bits per heavy atom. The predicted octanol–water partition coefficient (Wildman–Crippen LogP) is 2.98. The molecule has 0 aliphatic rings. The summed E-state index contributed by atoms with van der Waals surface area (Å²) in [6.07, 6.45) is 2.32. The van der Waals surface area contributed by atoms with Crippen molar-refractivity contribution in [3.8, 4) is 0 Å². The lowest BCUT2D eigenvalue weighted by Crippen LogP contribution is -2.32. The lowest BCUT2D eigenvalue weighted by atomic mass is 10.2. The Morgan fingerprint density at radius 2 is 1.95 bits per heavy atom. The number of hydrogen-bond acceptors (Lipinski definition) is 5. The standard InChI is InChI=1S/C15H30N4S/c1-6-8-16-13(3)14-12-20-15(17-14)19(9-7-2)11-10-18(4)5/h12-13,16H,6-11H2,1-5H3. The number of anilines is 1. The van der Waals surface area contributed by atoms with Crippen LogP contribution in [0.15, 0.2) is 5.38 Å². The molecular weight excluding hydrogens is 268 g/mol. The predicted molar refractivity (Wildman–Crippen MR) is 89.9 cm³/mol. The average Bonchev–Trinajstić information content (AvgIpc) is 2.90. The molecule has 0 aliphatic heterocycles. The van der Waals surface area contributed by atoms with Crippen LogP contribution in [0.2, 0.25) is 0 Å². The Labute approximate surface area is 128 Å². The van der Waals surface area contributed by atoms with Gasteiger partial charge in [-0.2, -0.15) is 0 Å².